The summed E-state index contributed by atoms with van der Waals surface area (Å²) < 4.78 is 16.4. The SMILES string of the molecule is COCCOc1ccc(C(CC(C)(C)Cl)C(OC)C(=O)Nc2cc(C(N)=O)ccc2C(C)(C)C)cc1. The molecular weight excluding hydrogens is 480 g/mol. The molecule has 0 aliphatic heterocycles. The smallest absolute Gasteiger partial charge is 0.254 e. The van der Waals surface area contributed by atoms with E-state index in [0.29, 0.717) is 36.6 Å². The van der Waals surface area contributed by atoms with Gasteiger partial charge in [-0.15, -0.1) is 11.6 Å². The highest BCUT2D eigenvalue weighted by molar-refractivity contribution is 6.23. The number of primary amides is 1. The molecule has 36 heavy (non-hydrogen) atoms. The van der Waals surface area contributed by atoms with Gasteiger partial charge in [-0.3, -0.25) is 9.59 Å². The quantitative estimate of drug-likeness (QED) is 0.295. The molecule has 0 saturated heterocycles. The second-order valence-corrected chi connectivity index (χ2v) is 11.5. The number of rotatable bonds is 12. The zero-order valence-electron chi connectivity index (χ0n) is 22.3. The van der Waals surface area contributed by atoms with E-state index in [1.807, 2.05) is 65.0 Å². The van der Waals surface area contributed by atoms with Crippen LogP contribution < -0.4 is 15.8 Å². The van der Waals surface area contributed by atoms with Crippen LogP contribution in [0.25, 0.3) is 0 Å². The number of amides is 2. The molecule has 0 fully saturated rings. The molecule has 0 aromatic heterocycles. The minimum absolute atomic E-state index is 0.280. The van der Waals surface area contributed by atoms with Crippen LogP contribution in [-0.2, 0) is 19.7 Å². The maximum Gasteiger partial charge on any atom is 0.254 e. The van der Waals surface area contributed by atoms with Crippen molar-refractivity contribution in [3.8, 4) is 5.75 Å². The Hall–Kier alpha value is -2.61. The van der Waals surface area contributed by atoms with Gasteiger partial charge in [-0.2, -0.15) is 0 Å². The van der Waals surface area contributed by atoms with Crippen LogP contribution in [-0.4, -0.2) is 50.2 Å². The van der Waals surface area contributed by atoms with E-state index in [1.54, 1.807) is 19.2 Å². The topological polar surface area (TPSA) is 99.9 Å². The zero-order valence-corrected chi connectivity index (χ0v) is 23.1. The third kappa shape index (κ3) is 8.50. The maximum absolute atomic E-state index is 13.6. The van der Waals surface area contributed by atoms with Crippen LogP contribution >= 0.6 is 11.6 Å². The van der Waals surface area contributed by atoms with Crippen LogP contribution in [0.2, 0.25) is 0 Å². The number of benzene rings is 2. The Balaban J connectivity index is 2.40. The molecule has 2 unspecified atom stereocenters. The molecular formula is C28H39ClN2O5. The predicted molar refractivity (Wildman–Crippen MR) is 144 cm³/mol. The molecule has 2 rings (SSSR count). The molecule has 0 heterocycles. The van der Waals surface area contributed by atoms with E-state index in [0.717, 1.165) is 11.1 Å². The van der Waals surface area contributed by atoms with Gasteiger partial charge in [0.1, 0.15) is 18.5 Å². The summed E-state index contributed by atoms with van der Waals surface area (Å²) in [6.07, 6.45) is -0.356. The molecule has 0 radical (unpaired) electrons. The lowest BCUT2D eigenvalue weighted by atomic mass is 9.83. The van der Waals surface area contributed by atoms with Crippen molar-refractivity contribution in [1.82, 2.24) is 0 Å². The van der Waals surface area contributed by atoms with Gasteiger partial charge < -0.3 is 25.3 Å². The fourth-order valence-corrected chi connectivity index (χ4v) is 4.26. The first kappa shape index (κ1) is 29.6. The zero-order chi connectivity index (χ0) is 27.1. The number of halogens is 1. The van der Waals surface area contributed by atoms with Gasteiger partial charge in [0.2, 0.25) is 5.91 Å². The molecule has 2 aromatic rings. The molecule has 8 heteroatoms. The normalized spacial score (nSPS) is 13.7. The van der Waals surface area contributed by atoms with E-state index in [4.69, 9.17) is 31.5 Å². The van der Waals surface area contributed by atoms with Crippen molar-refractivity contribution in [3.63, 3.8) is 0 Å². The van der Waals surface area contributed by atoms with Crippen LogP contribution in [0.1, 0.15) is 68.4 Å². The fraction of sp³-hybridized carbons (Fsp3) is 0.500. The first-order valence-electron chi connectivity index (χ1n) is 12.0. The van der Waals surface area contributed by atoms with Gasteiger partial charge in [0.15, 0.2) is 0 Å². The molecule has 3 N–H and O–H groups in total. The third-order valence-corrected chi connectivity index (χ3v) is 5.97. The van der Waals surface area contributed by atoms with Gasteiger partial charge in [0, 0.05) is 36.3 Å². The molecule has 0 saturated carbocycles. The van der Waals surface area contributed by atoms with E-state index in [1.165, 1.54) is 7.11 Å². The molecule has 7 nitrogen and oxygen atoms in total. The van der Waals surface area contributed by atoms with Gasteiger partial charge in [0.05, 0.1) is 6.61 Å². The second-order valence-electron chi connectivity index (χ2n) is 10.5. The van der Waals surface area contributed by atoms with Gasteiger partial charge in [-0.1, -0.05) is 39.0 Å². The van der Waals surface area contributed by atoms with Gasteiger partial charge in [0.25, 0.3) is 5.91 Å². The van der Waals surface area contributed by atoms with Crippen molar-refractivity contribution in [2.45, 2.75) is 63.4 Å². The number of methoxy groups -OCH3 is 2. The highest BCUT2D eigenvalue weighted by Gasteiger charge is 2.34. The van der Waals surface area contributed by atoms with Crippen LogP contribution in [0.3, 0.4) is 0 Å². The lowest BCUT2D eigenvalue weighted by Gasteiger charge is -2.31. The highest BCUT2D eigenvalue weighted by Crippen LogP contribution is 2.36. The Kier molecular flexibility index (Phi) is 10.3. The monoisotopic (exact) mass is 518 g/mol. The van der Waals surface area contributed by atoms with Crippen molar-refractivity contribution >= 4 is 29.1 Å². The lowest BCUT2D eigenvalue weighted by Crippen LogP contribution is -2.38. The van der Waals surface area contributed by atoms with E-state index in [9.17, 15) is 9.59 Å². The molecule has 0 spiro atoms. The van der Waals surface area contributed by atoms with Crippen molar-refractivity contribution in [1.29, 1.82) is 0 Å². The van der Waals surface area contributed by atoms with Gasteiger partial charge in [-0.25, -0.2) is 0 Å². The summed E-state index contributed by atoms with van der Waals surface area (Å²) in [7, 11) is 3.13. The summed E-state index contributed by atoms with van der Waals surface area (Å²) >= 11 is 6.62. The minimum atomic E-state index is -0.840. The van der Waals surface area contributed by atoms with E-state index < -0.39 is 16.9 Å². The summed E-state index contributed by atoms with van der Waals surface area (Å²) in [6, 6.07) is 12.7. The number of nitrogens with two attached hydrogens (primary N) is 1. The third-order valence-electron chi connectivity index (χ3n) is 5.82. The Morgan fingerprint density at radius 2 is 1.64 bits per heavy atom. The number of alkyl halides is 1. The predicted octanol–water partition coefficient (Wildman–Crippen LogP) is 5.25. The van der Waals surface area contributed by atoms with E-state index >= 15 is 0 Å². The molecule has 198 valence electrons. The Labute approximate surface area is 219 Å². The van der Waals surface area contributed by atoms with Crippen molar-refractivity contribution in [2.24, 2.45) is 5.73 Å². The summed E-state index contributed by atoms with van der Waals surface area (Å²) in [5.74, 6) is -0.538. The second kappa shape index (κ2) is 12.6. The standard InChI is InChI=1S/C28H39ClN2O5/c1-27(2,3)22-13-10-19(25(30)32)16-23(22)31-26(33)24(35-7)21(17-28(4,5)29)18-8-11-20(12-9-18)36-15-14-34-6/h8-13,16,21,24H,14-15,17H2,1-7H3,(H2,30,32)(H,31,33). The largest absolute Gasteiger partial charge is 0.491 e. The summed E-state index contributed by atoms with van der Waals surface area (Å²) in [5, 5.41) is 2.99. The highest BCUT2D eigenvalue weighted by atomic mass is 35.5. The Morgan fingerprint density at radius 1 is 1.00 bits per heavy atom. The molecule has 2 amide bonds. The number of ether oxygens (including phenoxy) is 3. The first-order chi connectivity index (χ1) is 16.8. The summed E-state index contributed by atoms with van der Waals surface area (Å²) in [6.45, 7) is 10.8. The van der Waals surface area contributed by atoms with Crippen molar-refractivity contribution in [2.75, 3.05) is 32.8 Å². The molecule has 2 aromatic carbocycles. The van der Waals surface area contributed by atoms with Gasteiger partial charge in [-0.05, 0) is 61.1 Å². The number of carbonyl (C=O) groups excluding carboxylic acids is 2. The fourth-order valence-electron chi connectivity index (χ4n) is 4.09. The van der Waals surface area contributed by atoms with Crippen LogP contribution in [0.4, 0.5) is 5.69 Å². The Morgan fingerprint density at radius 3 is 2.14 bits per heavy atom. The Bertz CT molecular complexity index is 1030. The summed E-state index contributed by atoms with van der Waals surface area (Å²) in [4.78, 5) is 24.8. The average Bonchev–Trinajstić information content (AvgIpc) is 2.78. The molecule has 0 aliphatic carbocycles. The maximum atomic E-state index is 13.6. The number of hydrogen-bond donors (Lipinski definition) is 2. The first-order valence-corrected chi connectivity index (χ1v) is 12.3. The average molecular weight is 519 g/mol. The molecule has 2 atom stereocenters. The van der Waals surface area contributed by atoms with Crippen LogP contribution in [0.5, 0.6) is 5.75 Å². The number of anilines is 1. The van der Waals surface area contributed by atoms with Crippen LogP contribution in [0, 0.1) is 0 Å². The van der Waals surface area contributed by atoms with E-state index in [-0.39, 0.29) is 17.2 Å². The van der Waals surface area contributed by atoms with Crippen molar-refractivity contribution in [3.05, 3.63) is 59.2 Å². The summed E-state index contributed by atoms with van der Waals surface area (Å²) in [5.41, 5.74) is 7.83. The lowest BCUT2D eigenvalue weighted by molar-refractivity contribution is -0.127. The molecule has 0 bridgehead atoms. The number of nitrogens with one attached hydrogen (secondary N) is 1. The van der Waals surface area contributed by atoms with Gasteiger partial charge >= 0.3 is 0 Å². The molecule has 0 aliphatic rings. The minimum Gasteiger partial charge on any atom is -0.491 e. The van der Waals surface area contributed by atoms with Crippen molar-refractivity contribution < 1.29 is 23.8 Å². The van der Waals surface area contributed by atoms with E-state index in [2.05, 4.69) is 5.32 Å². The number of hydrogen-bond acceptors (Lipinski definition) is 5. The van der Waals surface area contributed by atoms with Crippen LogP contribution in [0.15, 0.2) is 42.5 Å². The number of carbonyl (C=O) groups is 2.